The van der Waals surface area contributed by atoms with E-state index in [1.54, 1.807) is 0 Å². The molecule has 2 aliphatic rings. The minimum Gasteiger partial charge on any atom is -0.392 e. The maximum atomic E-state index is 9.43. The summed E-state index contributed by atoms with van der Waals surface area (Å²) in [6.07, 6.45) is 2.23. The van der Waals surface area contributed by atoms with Crippen LogP contribution in [-0.4, -0.2) is 41.1 Å². The van der Waals surface area contributed by atoms with Gasteiger partial charge in [0.25, 0.3) is 0 Å². The molecule has 2 saturated heterocycles. The Morgan fingerprint density at radius 3 is 3.12 bits per heavy atom. The van der Waals surface area contributed by atoms with Crippen LogP contribution in [-0.2, 0) is 11.2 Å². The van der Waals surface area contributed by atoms with Crippen molar-refractivity contribution in [3.8, 4) is 0 Å². The zero-order valence-corrected chi connectivity index (χ0v) is 9.63. The lowest BCUT2D eigenvalue weighted by molar-refractivity contribution is 0.185. The fourth-order valence-electron chi connectivity index (χ4n) is 2.40. The molecule has 0 bridgehead atoms. The second kappa shape index (κ2) is 4.72. The van der Waals surface area contributed by atoms with Crippen LogP contribution in [0.5, 0.6) is 0 Å². The highest BCUT2D eigenvalue weighted by Gasteiger charge is 2.28. The molecule has 2 unspecified atom stereocenters. The summed E-state index contributed by atoms with van der Waals surface area (Å²) in [6, 6.07) is 0.00563. The lowest BCUT2D eigenvalue weighted by atomic mass is 10.1. The molecule has 0 aromatic carbocycles. The smallest absolute Gasteiger partial charge is 0.243 e. The Labute approximate surface area is 99.3 Å². The molecule has 0 amide bonds. The van der Waals surface area contributed by atoms with Gasteiger partial charge < -0.3 is 19.7 Å². The van der Waals surface area contributed by atoms with Gasteiger partial charge in [0, 0.05) is 26.2 Å². The van der Waals surface area contributed by atoms with Crippen LogP contribution in [0, 0.1) is 5.92 Å². The molecule has 0 saturated carbocycles. The minimum absolute atomic E-state index is 0.00563. The van der Waals surface area contributed by atoms with Gasteiger partial charge in [0.2, 0.25) is 5.89 Å². The number of ether oxygens (including phenoxy) is 1. The summed E-state index contributed by atoms with van der Waals surface area (Å²) in [4.78, 5) is 4.38. The molecule has 94 valence electrons. The summed E-state index contributed by atoms with van der Waals surface area (Å²) in [5.74, 6) is 1.86. The van der Waals surface area contributed by atoms with E-state index in [1.165, 1.54) is 0 Å². The molecule has 3 rings (SSSR count). The monoisotopic (exact) mass is 239 g/mol. The lowest BCUT2D eigenvalue weighted by Gasteiger charge is -2.02. The van der Waals surface area contributed by atoms with Crippen molar-refractivity contribution in [1.29, 1.82) is 0 Å². The third-order valence-corrected chi connectivity index (χ3v) is 3.38. The third-order valence-electron chi connectivity index (χ3n) is 3.38. The molecule has 2 N–H and O–H groups in total. The number of hydrogen-bond donors (Lipinski definition) is 2. The van der Waals surface area contributed by atoms with E-state index in [2.05, 4.69) is 15.5 Å². The highest BCUT2D eigenvalue weighted by Crippen LogP contribution is 2.23. The SMILES string of the molecule is OC1CN[C@H](c2nc(CC3CCOC3)no2)C1. The predicted octanol–water partition coefficient (Wildman–Crippen LogP) is 0.0439. The summed E-state index contributed by atoms with van der Waals surface area (Å²) in [7, 11) is 0. The number of β-amino-alcohol motifs (C(OH)–C–C–N with tert-alkyl or cyclic N) is 1. The van der Waals surface area contributed by atoms with Crippen molar-refractivity contribution in [2.24, 2.45) is 5.92 Å². The van der Waals surface area contributed by atoms with Crippen molar-refractivity contribution in [2.75, 3.05) is 19.8 Å². The van der Waals surface area contributed by atoms with Crippen molar-refractivity contribution in [3.63, 3.8) is 0 Å². The fraction of sp³-hybridized carbons (Fsp3) is 0.818. The van der Waals surface area contributed by atoms with Crippen LogP contribution in [0.15, 0.2) is 4.52 Å². The average Bonchev–Trinajstić information content (AvgIpc) is 2.99. The van der Waals surface area contributed by atoms with Crippen molar-refractivity contribution in [3.05, 3.63) is 11.7 Å². The van der Waals surface area contributed by atoms with E-state index in [1.807, 2.05) is 0 Å². The maximum absolute atomic E-state index is 9.43. The van der Waals surface area contributed by atoms with Gasteiger partial charge in [-0.25, -0.2) is 0 Å². The number of aliphatic hydroxyl groups excluding tert-OH is 1. The van der Waals surface area contributed by atoms with E-state index in [9.17, 15) is 5.11 Å². The van der Waals surface area contributed by atoms with Crippen LogP contribution in [0.3, 0.4) is 0 Å². The average molecular weight is 239 g/mol. The van der Waals surface area contributed by atoms with Crippen LogP contribution in [0.2, 0.25) is 0 Å². The highest BCUT2D eigenvalue weighted by molar-refractivity contribution is 4.98. The largest absolute Gasteiger partial charge is 0.392 e. The highest BCUT2D eigenvalue weighted by atomic mass is 16.5. The van der Waals surface area contributed by atoms with Crippen LogP contribution in [0.4, 0.5) is 0 Å². The van der Waals surface area contributed by atoms with Gasteiger partial charge in [0.05, 0.1) is 12.1 Å². The quantitative estimate of drug-likeness (QED) is 0.775. The Hall–Kier alpha value is -0.980. The maximum Gasteiger partial charge on any atom is 0.243 e. The molecule has 0 aliphatic carbocycles. The minimum atomic E-state index is -0.307. The molecule has 0 spiro atoms. The Kier molecular flexibility index (Phi) is 3.09. The molecule has 17 heavy (non-hydrogen) atoms. The summed E-state index contributed by atoms with van der Waals surface area (Å²) in [5, 5.41) is 16.6. The van der Waals surface area contributed by atoms with E-state index in [4.69, 9.17) is 9.26 Å². The van der Waals surface area contributed by atoms with Crippen LogP contribution in [0.25, 0.3) is 0 Å². The van der Waals surface area contributed by atoms with Gasteiger partial charge in [-0.3, -0.25) is 0 Å². The summed E-state index contributed by atoms with van der Waals surface area (Å²) >= 11 is 0. The molecule has 2 fully saturated rings. The van der Waals surface area contributed by atoms with E-state index in [-0.39, 0.29) is 12.1 Å². The van der Waals surface area contributed by atoms with Gasteiger partial charge in [-0.15, -0.1) is 0 Å². The van der Waals surface area contributed by atoms with E-state index < -0.39 is 0 Å². The first kappa shape index (κ1) is 11.1. The summed E-state index contributed by atoms with van der Waals surface area (Å²) in [6.45, 7) is 2.23. The Morgan fingerprint density at radius 1 is 1.47 bits per heavy atom. The molecule has 3 heterocycles. The third kappa shape index (κ3) is 2.48. The van der Waals surface area contributed by atoms with Crippen molar-refractivity contribution in [1.82, 2.24) is 15.5 Å². The first-order valence-electron chi connectivity index (χ1n) is 6.13. The normalized spacial score (nSPS) is 33.4. The first-order valence-corrected chi connectivity index (χ1v) is 6.13. The van der Waals surface area contributed by atoms with Crippen LogP contribution >= 0.6 is 0 Å². The van der Waals surface area contributed by atoms with E-state index >= 15 is 0 Å². The molecule has 2 aliphatic heterocycles. The van der Waals surface area contributed by atoms with E-state index in [0.717, 1.165) is 31.9 Å². The van der Waals surface area contributed by atoms with Crippen molar-refractivity contribution < 1.29 is 14.4 Å². The molecule has 0 radical (unpaired) electrons. The van der Waals surface area contributed by atoms with E-state index in [0.29, 0.717) is 24.8 Å². The number of nitrogens with zero attached hydrogens (tertiary/aromatic N) is 2. The summed E-state index contributed by atoms with van der Waals surface area (Å²) in [5.41, 5.74) is 0. The van der Waals surface area contributed by atoms with Crippen molar-refractivity contribution in [2.45, 2.75) is 31.4 Å². The second-order valence-electron chi connectivity index (χ2n) is 4.83. The lowest BCUT2D eigenvalue weighted by Crippen LogP contribution is -2.15. The van der Waals surface area contributed by atoms with Gasteiger partial charge in [-0.2, -0.15) is 4.98 Å². The Balaban J connectivity index is 1.61. The topological polar surface area (TPSA) is 80.4 Å². The van der Waals surface area contributed by atoms with Gasteiger partial charge >= 0.3 is 0 Å². The van der Waals surface area contributed by atoms with Gasteiger partial charge in [-0.1, -0.05) is 5.16 Å². The number of nitrogens with one attached hydrogen (secondary N) is 1. The van der Waals surface area contributed by atoms with Gasteiger partial charge in [0.1, 0.15) is 0 Å². The molecule has 6 heteroatoms. The first-order chi connectivity index (χ1) is 8.31. The number of rotatable bonds is 3. The summed E-state index contributed by atoms with van der Waals surface area (Å²) < 4.78 is 10.6. The number of aromatic nitrogens is 2. The van der Waals surface area contributed by atoms with Gasteiger partial charge in [0.15, 0.2) is 5.82 Å². The molecular formula is C11H17N3O3. The zero-order valence-electron chi connectivity index (χ0n) is 9.63. The molecule has 3 atom stereocenters. The van der Waals surface area contributed by atoms with Gasteiger partial charge in [-0.05, 0) is 18.8 Å². The molecule has 6 nitrogen and oxygen atoms in total. The Bertz CT molecular complexity index is 376. The number of aliphatic hydroxyl groups is 1. The zero-order chi connectivity index (χ0) is 11.7. The molecule has 1 aromatic rings. The van der Waals surface area contributed by atoms with Crippen molar-refractivity contribution >= 4 is 0 Å². The Morgan fingerprint density at radius 2 is 2.41 bits per heavy atom. The molecule has 1 aromatic heterocycles. The van der Waals surface area contributed by atoms with Crippen LogP contribution in [0.1, 0.15) is 30.6 Å². The second-order valence-corrected chi connectivity index (χ2v) is 4.83. The molecular weight excluding hydrogens is 222 g/mol. The number of hydrogen-bond acceptors (Lipinski definition) is 6. The fourth-order valence-corrected chi connectivity index (χ4v) is 2.40. The van der Waals surface area contributed by atoms with Crippen LogP contribution < -0.4 is 5.32 Å². The predicted molar refractivity (Wildman–Crippen MR) is 58.3 cm³/mol. The standard InChI is InChI=1S/C11H17N3O3/c15-8-4-9(12-5-8)11-13-10(14-17-11)3-7-1-2-16-6-7/h7-9,12,15H,1-6H2/t7?,8?,9-/m0/s1.